The fourth-order valence-electron chi connectivity index (χ4n) is 2.45. The zero-order valence-corrected chi connectivity index (χ0v) is 13.6. The van der Waals surface area contributed by atoms with Crippen LogP contribution in [0, 0.1) is 17.2 Å². The van der Waals surface area contributed by atoms with Crippen molar-refractivity contribution in [1.82, 2.24) is 4.98 Å². The van der Waals surface area contributed by atoms with Crippen molar-refractivity contribution in [2.24, 2.45) is 5.92 Å². The lowest BCUT2D eigenvalue weighted by Gasteiger charge is -2.16. The molecule has 1 heterocycles. The first-order valence-electron chi connectivity index (χ1n) is 7.52. The molecule has 1 aliphatic rings. The third-order valence-electron chi connectivity index (χ3n) is 3.68. The number of aromatic hydroxyl groups is 1. The molecule has 3 rings (SSSR count). The minimum atomic E-state index is -0.236. The molecule has 0 saturated heterocycles. The molecule has 24 heavy (non-hydrogen) atoms. The quantitative estimate of drug-likeness (QED) is 0.902. The number of halogens is 1. The predicted molar refractivity (Wildman–Crippen MR) is 91.5 cm³/mol. The van der Waals surface area contributed by atoms with Crippen LogP contribution in [0.3, 0.4) is 0 Å². The SMILES string of the molecule is N#CC1C=C(Cl)C(Oc2ccc(Cc3cccnc3)cc2O)=CC1. The van der Waals surface area contributed by atoms with Crippen LogP contribution in [0.4, 0.5) is 0 Å². The lowest BCUT2D eigenvalue weighted by atomic mass is 10.0. The van der Waals surface area contributed by atoms with Crippen LogP contribution in [0.5, 0.6) is 11.5 Å². The molecule has 4 nitrogen and oxygen atoms in total. The summed E-state index contributed by atoms with van der Waals surface area (Å²) in [6, 6.07) is 11.3. The molecular formula is C19H15ClN2O2. The van der Waals surface area contributed by atoms with E-state index in [0.29, 0.717) is 29.4 Å². The van der Waals surface area contributed by atoms with Gasteiger partial charge in [-0.05, 0) is 54.3 Å². The monoisotopic (exact) mass is 338 g/mol. The number of ether oxygens (including phenoxy) is 1. The molecule has 120 valence electrons. The number of hydrogen-bond acceptors (Lipinski definition) is 4. The maximum absolute atomic E-state index is 10.2. The predicted octanol–water partition coefficient (Wildman–Crippen LogP) is 4.31. The largest absolute Gasteiger partial charge is 0.504 e. The molecule has 5 heteroatoms. The lowest BCUT2D eigenvalue weighted by molar-refractivity contribution is 0.386. The Labute approximate surface area is 145 Å². The summed E-state index contributed by atoms with van der Waals surface area (Å²) >= 11 is 6.13. The van der Waals surface area contributed by atoms with Crippen LogP contribution in [0.25, 0.3) is 0 Å². The molecular weight excluding hydrogens is 324 g/mol. The highest BCUT2D eigenvalue weighted by molar-refractivity contribution is 6.31. The van der Waals surface area contributed by atoms with Crippen molar-refractivity contribution in [3.8, 4) is 17.6 Å². The van der Waals surface area contributed by atoms with Crippen molar-refractivity contribution in [3.63, 3.8) is 0 Å². The molecule has 2 aromatic rings. The standard InChI is InChI=1S/C19H15ClN2O2/c20-16-9-14(11-21)4-5-18(16)24-19-6-3-13(10-17(19)23)8-15-2-1-7-22-12-15/h1-3,5-7,9-10,12,14,23H,4,8H2. The Morgan fingerprint density at radius 3 is 2.88 bits per heavy atom. The topological polar surface area (TPSA) is 66.1 Å². The van der Waals surface area contributed by atoms with Gasteiger partial charge in [0, 0.05) is 12.4 Å². The Morgan fingerprint density at radius 1 is 1.33 bits per heavy atom. The van der Waals surface area contributed by atoms with E-state index in [-0.39, 0.29) is 11.7 Å². The van der Waals surface area contributed by atoms with Gasteiger partial charge in [0.2, 0.25) is 0 Å². The first-order valence-corrected chi connectivity index (χ1v) is 7.89. The number of nitrogens with zero attached hydrogens (tertiary/aromatic N) is 2. The number of benzene rings is 1. The van der Waals surface area contributed by atoms with Crippen LogP contribution in [-0.2, 0) is 6.42 Å². The van der Waals surface area contributed by atoms with E-state index < -0.39 is 0 Å². The van der Waals surface area contributed by atoms with Gasteiger partial charge >= 0.3 is 0 Å². The average molecular weight is 339 g/mol. The summed E-state index contributed by atoms with van der Waals surface area (Å²) in [5.41, 5.74) is 2.02. The Bertz CT molecular complexity index is 838. The molecule has 0 spiro atoms. The van der Waals surface area contributed by atoms with Crippen LogP contribution in [0.2, 0.25) is 0 Å². The molecule has 0 aliphatic heterocycles. The molecule has 1 unspecified atom stereocenters. The van der Waals surface area contributed by atoms with E-state index in [4.69, 9.17) is 21.6 Å². The number of phenolic OH excluding ortho intramolecular Hbond substituents is 1. The molecule has 0 bridgehead atoms. The van der Waals surface area contributed by atoms with E-state index in [0.717, 1.165) is 11.1 Å². The summed E-state index contributed by atoms with van der Waals surface area (Å²) in [5, 5.41) is 19.5. The number of nitriles is 1. The summed E-state index contributed by atoms with van der Waals surface area (Å²) in [5.74, 6) is 0.598. The molecule has 1 N–H and O–H groups in total. The van der Waals surface area contributed by atoms with Crippen molar-refractivity contribution in [2.75, 3.05) is 0 Å². The number of allylic oxidation sites excluding steroid dienone is 3. The summed E-state index contributed by atoms with van der Waals surface area (Å²) in [7, 11) is 0. The van der Waals surface area contributed by atoms with Gasteiger partial charge in [-0.2, -0.15) is 5.26 Å². The van der Waals surface area contributed by atoms with Crippen molar-refractivity contribution >= 4 is 11.6 Å². The number of rotatable bonds is 4. The van der Waals surface area contributed by atoms with Gasteiger partial charge in [0.05, 0.1) is 17.0 Å². The minimum absolute atomic E-state index is 0.0455. The van der Waals surface area contributed by atoms with Crippen LogP contribution in [0.1, 0.15) is 17.5 Å². The number of aromatic nitrogens is 1. The third-order valence-corrected chi connectivity index (χ3v) is 3.99. The van der Waals surface area contributed by atoms with Crippen molar-refractivity contribution in [3.05, 3.63) is 76.8 Å². The fraction of sp³-hybridized carbons (Fsp3) is 0.158. The Kier molecular flexibility index (Phi) is 4.83. The lowest BCUT2D eigenvalue weighted by Crippen LogP contribution is -2.05. The van der Waals surface area contributed by atoms with E-state index >= 15 is 0 Å². The van der Waals surface area contributed by atoms with Crippen molar-refractivity contribution in [1.29, 1.82) is 5.26 Å². The van der Waals surface area contributed by atoms with Gasteiger partial charge in [-0.3, -0.25) is 4.98 Å². The minimum Gasteiger partial charge on any atom is -0.504 e. The van der Waals surface area contributed by atoms with Gasteiger partial charge in [-0.1, -0.05) is 23.7 Å². The van der Waals surface area contributed by atoms with Gasteiger partial charge in [0.25, 0.3) is 0 Å². The number of pyridine rings is 1. The summed E-state index contributed by atoms with van der Waals surface area (Å²) < 4.78 is 5.69. The first-order chi connectivity index (χ1) is 11.7. The molecule has 0 fully saturated rings. The maximum atomic E-state index is 10.2. The second-order valence-electron chi connectivity index (χ2n) is 5.50. The molecule has 1 aromatic carbocycles. The number of phenols is 1. The number of hydrogen-bond donors (Lipinski definition) is 1. The Hall–Kier alpha value is -2.77. The summed E-state index contributed by atoms with van der Waals surface area (Å²) in [6.45, 7) is 0. The molecule has 0 saturated carbocycles. The highest BCUT2D eigenvalue weighted by Crippen LogP contribution is 2.33. The highest BCUT2D eigenvalue weighted by atomic mass is 35.5. The van der Waals surface area contributed by atoms with Gasteiger partial charge in [-0.25, -0.2) is 0 Å². The van der Waals surface area contributed by atoms with Crippen LogP contribution < -0.4 is 4.74 Å². The van der Waals surface area contributed by atoms with E-state index in [2.05, 4.69) is 11.1 Å². The van der Waals surface area contributed by atoms with Gasteiger partial charge < -0.3 is 9.84 Å². The van der Waals surface area contributed by atoms with Crippen LogP contribution in [-0.4, -0.2) is 10.1 Å². The van der Waals surface area contributed by atoms with E-state index in [1.165, 1.54) is 0 Å². The van der Waals surface area contributed by atoms with Crippen LogP contribution >= 0.6 is 11.6 Å². The summed E-state index contributed by atoms with van der Waals surface area (Å²) in [6.07, 6.45) is 8.16. The van der Waals surface area contributed by atoms with Gasteiger partial charge in [0.15, 0.2) is 11.5 Å². The second-order valence-corrected chi connectivity index (χ2v) is 5.90. The van der Waals surface area contributed by atoms with Gasteiger partial charge in [0.1, 0.15) is 5.76 Å². The summed E-state index contributed by atoms with van der Waals surface area (Å²) in [4.78, 5) is 4.08. The maximum Gasteiger partial charge on any atom is 0.169 e. The average Bonchev–Trinajstić information content (AvgIpc) is 2.59. The van der Waals surface area contributed by atoms with E-state index in [1.807, 2.05) is 18.2 Å². The smallest absolute Gasteiger partial charge is 0.169 e. The van der Waals surface area contributed by atoms with Crippen molar-refractivity contribution < 1.29 is 9.84 Å². The normalized spacial score (nSPS) is 16.8. The Balaban J connectivity index is 1.73. The molecule has 1 aliphatic carbocycles. The molecule has 0 radical (unpaired) electrons. The van der Waals surface area contributed by atoms with E-state index in [9.17, 15) is 5.11 Å². The van der Waals surface area contributed by atoms with Crippen molar-refractivity contribution in [2.45, 2.75) is 12.8 Å². The molecule has 1 aromatic heterocycles. The molecule has 0 amide bonds. The third kappa shape index (κ3) is 3.76. The fourth-order valence-corrected chi connectivity index (χ4v) is 2.72. The second kappa shape index (κ2) is 7.20. The van der Waals surface area contributed by atoms with E-state index in [1.54, 1.807) is 36.7 Å². The zero-order valence-electron chi connectivity index (χ0n) is 12.8. The van der Waals surface area contributed by atoms with Gasteiger partial charge in [-0.15, -0.1) is 0 Å². The first kappa shape index (κ1) is 16.1. The molecule has 1 atom stereocenters. The Morgan fingerprint density at radius 2 is 2.21 bits per heavy atom. The zero-order chi connectivity index (χ0) is 16.9. The highest BCUT2D eigenvalue weighted by Gasteiger charge is 2.17. The van der Waals surface area contributed by atoms with Crippen LogP contribution in [0.15, 0.2) is 65.7 Å².